The molecule has 0 aromatic carbocycles. The van der Waals surface area contributed by atoms with Crippen molar-refractivity contribution in [1.82, 2.24) is 10.9 Å². The molecule has 6 nitrogen and oxygen atoms in total. The summed E-state index contributed by atoms with van der Waals surface area (Å²) in [6.45, 7) is -0.513. The van der Waals surface area contributed by atoms with Crippen LogP contribution in [0.4, 0.5) is 4.39 Å². The average Bonchev–Trinajstić information content (AvgIpc) is 2.62. The van der Waals surface area contributed by atoms with Gasteiger partial charge in [0.25, 0.3) is 5.91 Å². The summed E-state index contributed by atoms with van der Waals surface area (Å²) in [4.78, 5) is 35.3. The normalized spacial score (nSPS) is 27.4. The van der Waals surface area contributed by atoms with Gasteiger partial charge in [-0.1, -0.05) is 19.3 Å². The molecule has 2 rings (SSSR count). The van der Waals surface area contributed by atoms with Gasteiger partial charge < -0.3 is 4.74 Å². The number of hydrogen-bond donors (Lipinski definition) is 2. The van der Waals surface area contributed by atoms with E-state index in [0.717, 1.165) is 32.1 Å². The Kier molecular flexibility index (Phi) is 7.93. The number of hydrogen-bond acceptors (Lipinski definition) is 4. The van der Waals surface area contributed by atoms with Crippen molar-refractivity contribution in [2.45, 2.75) is 69.3 Å². The van der Waals surface area contributed by atoms with Crippen LogP contribution in [0.2, 0.25) is 0 Å². The van der Waals surface area contributed by atoms with Crippen LogP contribution in [0, 0.1) is 11.8 Å². The Labute approximate surface area is 152 Å². The number of carbonyl (C=O) groups is 3. The molecule has 8 heteroatoms. The van der Waals surface area contributed by atoms with Gasteiger partial charge >= 0.3 is 5.97 Å². The summed E-state index contributed by atoms with van der Waals surface area (Å²) < 4.78 is 18.7. The van der Waals surface area contributed by atoms with Crippen LogP contribution in [0.1, 0.15) is 57.8 Å². The molecule has 2 aliphatic carbocycles. The maximum Gasteiger partial charge on any atom is 0.306 e. The highest BCUT2D eigenvalue weighted by atomic mass is 35.5. The second-order valence-corrected chi connectivity index (χ2v) is 7.42. The molecule has 0 spiro atoms. The Hall–Kier alpha value is -1.37. The smallest absolute Gasteiger partial charge is 0.306 e. The highest BCUT2D eigenvalue weighted by Crippen LogP contribution is 2.33. The molecule has 0 heterocycles. The third-order valence-electron chi connectivity index (χ3n) is 4.96. The number of ether oxygens (including phenoxy) is 1. The highest BCUT2D eigenvalue weighted by Gasteiger charge is 2.34. The summed E-state index contributed by atoms with van der Waals surface area (Å²) in [5.74, 6) is -2.15. The molecule has 0 aromatic rings. The number of carbonyl (C=O) groups excluding carboxylic acids is 3. The number of esters is 1. The Balaban J connectivity index is 1.63. The zero-order chi connectivity index (χ0) is 18.2. The van der Waals surface area contributed by atoms with Crippen molar-refractivity contribution in [2.75, 3.05) is 6.61 Å². The molecule has 2 saturated carbocycles. The monoisotopic (exact) mass is 376 g/mol. The largest absolute Gasteiger partial charge is 0.455 e. The zero-order valence-corrected chi connectivity index (χ0v) is 15.0. The van der Waals surface area contributed by atoms with Crippen LogP contribution < -0.4 is 10.9 Å². The minimum atomic E-state index is -1.12. The van der Waals surface area contributed by atoms with Crippen LogP contribution in [-0.2, 0) is 19.1 Å². The summed E-state index contributed by atoms with van der Waals surface area (Å²) in [7, 11) is 0. The summed E-state index contributed by atoms with van der Waals surface area (Å²) in [5.41, 5.74) is 4.60. The van der Waals surface area contributed by atoms with Gasteiger partial charge in [-0.05, 0) is 32.1 Å². The van der Waals surface area contributed by atoms with Gasteiger partial charge in [0.15, 0.2) is 6.61 Å². The lowest BCUT2D eigenvalue weighted by atomic mass is 9.85. The summed E-state index contributed by atoms with van der Waals surface area (Å²) >= 11 is 6.07. The molecule has 142 valence electrons. The van der Waals surface area contributed by atoms with Crippen LogP contribution in [0.3, 0.4) is 0 Å². The van der Waals surface area contributed by atoms with Crippen LogP contribution in [0.15, 0.2) is 0 Å². The van der Waals surface area contributed by atoms with Gasteiger partial charge in [-0.2, -0.15) is 0 Å². The van der Waals surface area contributed by atoms with Crippen LogP contribution in [-0.4, -0.2) is 35.9 Å². The number of alkyl halides is 2. The molecule has 2 N–H and O–H groups in total. The topological polar surface area (TPSA) is 84.5 Å². The van der Waals surface area contributed by atoms with Crippen molar-refractivity contribution < 1.29 is 23.5 Å². The van der Waals surface area contributed by atoms with E-state index in [9.17, 15) is 18.8 Å². The number of hydrazine groups is 1. The van der Waals surface area contributed by atoms with Crippen molar-refractivity contribution in [3.8, 4) is 0 Å². The van der Waals surface area contributed by atoms with Gasteiger partial charge in [-0.3, -0.25) is 25.2 Å². The van der Waals surface area contributed by atoms with Crippen molar-refractivity contribution in [2.24, 2.45) is 11.8 Å². The van der Waals surface area contributed by atoms with Crippen molar-refractivity contribution in [1.29, 1.82) is 0 Å². The van der Waals surface area contributed by atoms with Gasteiger partial charge in [0.05, 0.1) is 6.42 Å². The highest BCUT2D eigenvalue weighted by molar-refractivity contribution is 6.21. The molecular formula is C17H26ClFN2O4. The standard InChI is InChI=1S/C17H26ClFN2O4/c18-13-7-4-8-14(19)12(13)9-16(23)25-10-15(22)20-21-17(24)11-5-2-1-3-6-11/h11-14H,1-10H2,(H,20,22)(H,21,24). The molecule has 0 aliphatic heterocycles. The second kappa shape index (κ2) is 9.94. The van der Waals surface area contributed by atoms with Crippen LogP contribution in [0.25, 0.3) is 0 Å². The van der Waals surface area contributed by atoms with E-state index < -0.39 is 30.6 Å². The molecule has 2 amide bonds. The van der Waals surface area contributed by atoms with E-state index in [-0.39, 0.29) is 23.6 Å². The first-order valence-corrected chi connectivity index (χ1v) is 9.43. The van der Waals surface area contributed by atoms with Crippen LogP contribution >= 0.6 is 11.6 Å². The maximum absolute atomic E-state index is 13.8. The third kappa shape index (κ3) is 6.45. The molecule has 0 aromatic heterocycles. The molecule has 3 unspecified atom stereocenters. The lowest BCUT2D eigenvalue weighted by Crippen LogP contribution is -2.46. The number of nitrogens with one attached hydrogen (secondary N) is 2. The molecule has 2 aliphatic rings. The Morgan fingerprint density at radius 2 is 1.72 bits per heavy atom. The summed E-state index contributed by atoms with van der Waals surface area (Å²) in [6, 6.07) is 0. The quantitative estimate of drug-likeness (QED) is 0.438. The Morgan fingerprint density at radius 1 is 1.00 bits per heavy atom. The van der Waals surface area contributed by atoms with Crippen molar-refractivity contribution in [3.63, 3.8) is 0 Å². The van der Waals surface area contributed by atoms with E-state index in [1.165, 1.54) is 0 Å². The predicted octanol–water partition coefficient (Wildman–Crippen LogP) is 2.39. The first kappa shape index (κ1) is 19.9. The molecular weight excluding hydrogens is 351 g/mol. The molecule has 0 saturated heterocycles. The van der Waals surface area contributed by atoms with Crippen molar-refractivity contribution >= 4 is 29.4 Å². The van der Waals surface area contributed by atoms with E-state index >= 15 is 0 Å². The fourth-order valence-electron chi connectivity index (χ4n) is 3.45. The van der Waals surface area contributed by atoms with E-state index in [0.29, 0.717) is 19.3 Å². The molecule has 3 atom stereocenters. The van der Waals surface area contributed by atoms with Gasteiger partial charge in [0.2, 0.25) is 5.91 Å². The first-order chi connectivity index (χ1) is 12.0. The van der Waals surface area contributed by atoms with Gasteiger partial charge in [-0.15, -0.1) is 11.6 Å². The molecule has 25 heavy (non-hydrogen) atoms. The van der Waals surface area contributed by atoms with E-state index in [1.807, 2.05) is 0 Å². The lowest BCUT2D eigenvalue weighted by Gasteiger charge is -2.29. The lowest BCUT2D eigenvalue weighted by molar-refractivity contribution is -0.150. The minimum absolute atomic E-state index is 0.0787. The van der Waals surface area contributed by atoms with Gasteiger partial charge in [0, 0.05) is 17.2 Å². The summed E-state index contributed by atoms with van der Waals surface area (Å²) in [5, 5.41) is -0.389. The average molecular weight is 377 g/mol. The minimum Gasteiger partial charge on any atom is -0.455 e. The predicted molar refractivity (Wildman–Crippen MR) is 90.3 cm³/mol. The molecule has 0 radical (unpaired) electrons. The molecule has 0 bridgehead atoms. The third-order valence-corrected chi connectivity index (χ3v) is 5.50. The number of amides is 2. The zero-order valence-electron chi connectivity index (χ0n) is 14.3. The van der Waals surface area contributed by atoms with Gasteiger partial charge in [0.1, 0.15) is 6.17 Å². The van der Waals surface area contributed by atoms with Crippen LogP contribution in [0.5, 0.6) is 0 Å². The Bertz CT molecular complexity index is 475. The number of halogens is 2. The Morgan fingerprint density at radius 3 is 2.40 bits per heavy atom. The van der Waals surface area contributed by atoms with Gasteiger partial charge in [-0.25, -0.2) is 4.39 Å². The maximum atomic E-state index is 13.8. The fourth-order valence-corrected chi connectivity index (χ4v) is 3.85. The van der Waals surface area contributed by atoms with E-state index in [4.69, 9.17) is 16.3 Å². The van der Waals surface area contributed by atoms with E-state index in [1.54, 1.807) is 0 Å². The SMILES string of the molecule is O=C(COC(=O)CC1C(F)CCCC1Cl)NNC(=O)C1CCCCC1. The summed E-state index contributed by atoms with van der Waals surface area (Å²) in [6.07, 6.45) is 5.33. The van der Waals surface area contributed by atoms with Crippen molar-refractivity contribution in [3.05, 3.63) is 0 Å². The second-order valence-electron chi connectivity index (χ2n) is 6.86. The first-order valence-electron chi connectivity index (χ1n) is 9.00. The number of rotatable bonds is 5. The molecule has 2 fully saturated rings. The fraction of sp³-hybridized carbons (Fsp3) is 0.824. The van der Waals surface area contributed by atoms with E-state index in [2.05, 4.69) is 10.9 Å².